The number of aliphatic hydroxyl groups excluding tert-OH is 3. The molecule has 0 aromatic carbocycles. The van der Waals surface area contributed by atoms with E-state index in [0.29, 0.717) is 0 Å². The van der Waals surface area contributed by atoms with E-state index in [2.05, 4.69) is 4.98 Å². The molecule has 5 N–H and O–H groups in total. The summed E-state index contributed by atoms with van der Waals surface area (Å²) in [7, 11) is 1.35. The Labute approximate surface area is 114 Å². The fourth-order valence-electron chi connectivity index (χ4n) is 2.17. The zero-order chi connectivity index (χ0) is 14.9. The molecule has 1 aliphatic rings. The van der Waals surface area contributed by atoms with Crippen molar-refractivity contribution in [2.24, 2.45) is 0 Å². The van der Waals surface area contributed by atoms with E-state index in [1.165, 1.54) is 13.3 Å². The summed E-state index contributed by atoms with van der Waals surface area (Å²) >= 11 is 0. The van der Waals surface area contributed by atoms with Crippen LogP contribution in [-0.2, 0) is 16.1 Å². The zero-order valence-electron chi connectivity index (χ0n) is 10.8. The summed E-state index contributed by atoms with van der Waals surface area (Å²) in [5.74, 6) is -0.0695. The van der Waals surface area contributed by atoms with Gasteiger partial charge in [0.15, 0.2) is 6.23 Å². The fourth-order valence-corrected chi connectivity index (χ4v) is 2.17. The molecule has 9 heteroatoms. The third-order valence-corrected chi connectivity index (χ3v) is 3.27. The fraction of sp³-hybridized carbons (Fsp3) is 0.636. The average Bonchev–Trinajstić information content (AvgIpc) is 2.75. The van der Waals surface area contributed by atoms with Crippen LogP contribution in [0.1, 0.15) is 11.8 Å². The van der Waals surface area contributed by atoms with Crippen molar-refractivity contribution < 1.29 is 24.8 Å². The van der Waals surface area contributed by atoms with Crippen molar-refractivity contribution in [3.05, 3.63) is 22.2 Å². The van der Waals surface area contributed by atoms with E-state index in [-0.39, 0.29) is 11.4 Å². The number of anilines is 1. The van der Waals surface area contributed by atoms with Crippen LogP contribution in [0.3, 0.4) is 0 Å². The van der Waals surface area contributed by atoms with E-state index in [0.717, 1.165) is 4.57 Å². The number of hydrogen-bond acceptors (Lipinski definition) is 8. The molecule has 4 atom stereocenters. The SMILES string of the molecule is CO[C@@H]1[C@@H](O)[C@@H](CO)O[C@H]1n1cc(CO)c(N)nc1=O. The maximum Gasteiger partial charge on any atom is 0.351 e. The Morgan fingerprint density at radius 2 is 2.25 bits per heavy atom. The van der Waals surface area contributed by atoms with Crippen LogP contribution in [0.4, 0.5) is 5.82 Å². The number of nitrogen functional groups attached to an aromatic ring is 1. The minimum absolute atomic E-state index is 0.0695. The van der Waals surface area contributed by atoms with Gasteiger partial charge in [-0.2, -0.15) is 4.98 Å². The normalized spacial score (nSPS) is 29.8. The molecule has 0 spiro atoms. The van der Waals surface area contributed by atoms with Gasteiger partial charge in [0.1, 0.15) is 24.1 Å². The Balaban J connectivity index is 2.42. The Morgan fingerprint density at radius 3 is 2.80 bits per heavy atom. The highest BCUT2D eigenvalue weighted by Crippen LogP contribution is 2.30. The van der Waals surface area contributed by atoms with Crippen LogP contribution >= 0.6 is 0 Å². The van der Waals surface area contributed by atoms with Gasteiger partial charge in [0, 0.05) is 18.9 Å². The molecule has 1 aliphatic heterocycles. The summed E-state index contributed by atoms with van der Waals surface area (Å²) in [6.45, 7) is -0.809. The van der Waals surface area contributed by atoms with Crippen LogP contribution in [0, 0.1) is 0 Å². The van der Waals surface area contributed by atoms with Crippen LogP contribution in [0.2, 0.25) is 0 Å². The Hall–Kier alpha value is -1.52. The number of ether oxygens (including phenoxy) is 2. The second kappa shape index (κ2) is 5.85. The van der Waals surface area contributed by atoms with Gasteiger partial charge in [-0.1, -0.05) is 0 Å². The standard InChI is InChI=1S/C11H17N3O6/c1-19-8-7(17)6(4-16)20-10(8)14-2-5(3-15)9(12)13-11(14)18/h2,6-8,10,15-17H,3-4H2,1H3,(H2,12,13,18)/t6-,7+,8-,10-/m1/s1. The maximum absolute atomic E-state index is 11.9. The summed E-state index contributed by atoms with van der Waals surface area (Å²) in [6, 6.07) is 0. The first-order valence-electron chi connectivity index (χ1n) is 5.99. The Morgan fingerprint density at radius 1 is 1.55 bits per heavy atom. The number of hydrogen-bond donors (Lipinski definition) is 4. The predicted octanol–water partition coefficient (Wildman–Crippen LogP) is -2.42. The molecular formula is C11H17N3O6. The second-order valence-electron chi connectivity index (χ2n) is 4.44. The van der Waals surface area contributed by atoms with Crippen molar-refractivity contribution in [1.82, 2.24) is 9.55 Å². The summed E-state index contributed by atoms with van der Waals surface area (Å²) in [5.41, 5.74) is 5.06. The smallest absolute Gasteiger partial charge is 0.351 e. The highest BCUT2D eigenvalue weighted by atomic mass is 16.6. The molecule has 9 nitrogen and oxygen atoms in total. The molecule has 112 valence electrons. The Bertz CT molecular complexity index is 533. The van der Waals surface area contributed by atoms with Gasteiger partial charge >= 0.3 is 5.69 Å². The molecule has 0 unspecified atom stereocenters. The maximum atomic E-state index is 11.9. The molecule has 0 bridgehead atoms. The first-order chi connectivity index (χ1) is 9.53. The number of methoxy groups -OCH3 is 1. The van der Waals surface area contributed by atoms with E-state index in [1.807, 2.05) is 0 Å². The van der Waals surface area contributed by atoms with Gasteiger partial charge in [-0.3, -0.25) is 4.57 Å². The Kier molecular flexibility index (Phi) is 4.35. The van der Waals surface area contributed by atoms with Gasteiger partial charge in [-0.15, -0.1) is 0 Å². The molecule has 0 aliphatic carbocycles. The molecule has 0 radical (unpaired) electrons. The molecule has 1 aromatic heterocycles. The average molecular weight is 287 g/mol. The minimum Gasteiger partial charge on any atom is -0.394 e. The number of aromatic nitrogens is 2. The summed E-state index contributed by atoms with van der Waals surface area (Å²) in [4.78, 5) is 15.4. The molecule has 1 fully saturated rings. The molecule has 2 heterocycles. The predicted molar refractivity (Wildman–Crippen MR) is 66.6 cm³/mol. The van der Waals surface area contributed by atoms with Crippen molar-refractivity contribution in [3.63, 3.8) is 0 Å². The van der Waals surface area contributed by atoms with E-state index >= 15 is 0 Å². The monoisotopic (exact) mass is 287 g/mol. The van der Waals surface area contributed by atoms with Gasteiger partial charge < -0.3 is 30.5 Å². The molecule has 1 aromatic rings. The van der Waals surface area contributed by atoms with Crippen LogP contribution in [0.5, 0.6) is 0 Å². The summed E-state index contributed by atoms with van der Waals surface area (Å²) < 4.78 is 11.6. The lowest BCUT2D eigenvalue weighted by Gasteiger charge is -2.21. The molecule has 1 saturated heterocycles. The van der Waals surface area contributed by atoms with E-state index < -0.39 is 43.4 Å². The second-order valence-corrected chi connectivity index (χ2v) is 4.44. The van der Waals surface area contributed by atoms with Gasteiger partial charge in [0.2, 0.25) is 0 Å². The van der Waals surface area contributed by atoms with Crippen molar-refractivity contribution in [2.45, 2.75) is 31.1 Å². The van der Waals surface area contributed by atoms with E-state index in [4.69, 9.17) is 25.4 Å². The molecular weight excluding hydrogens is 270 g/mol. The highest BCUT2D eigenvalue weighted by Gasteiger charge is 2.45. The van der Waals surface area contributed by atoms with Crippen LogP contribution in [-0.4, -0.2) is 56.9 Å². The zero-order valence-corrected chi connectivity index (χ0v) is 10.8. The van der Waals surface area contributed by atoms with E-state index in [1.54, 1.807) is 0 Å². The molecule has 0 amide bonds. The van der Waals surface area contributed by atoms with Gasteiger partial charge in [0.05, 0.1) is 13.2 Å². The van der Waals surface area contributed by atoms with Crippen molar-refractivity contribution in [3.8, 4) is 0 Å². The van der Waals surface area contributed by atoms with Crippen LogP contribution in [0.15, 0.2) is 11.0 Å². The number of aliphatic hydroxyl groups is 3. The third-order valence-electron chi connectivity index (χ3n) is 3.27. The van der Waals surface area contributed by atoms with Crippen LogP contribution < -0.4 is 11.4 Å². The minimum atomic E-state index is -1.09. The third kappa shape index (κ3) is 2.41. The topological polar surface area (TPSA) is 140 Å². The lowest BCUT2D eigenvalue weighted by Crippen LogP contribution is -2.37. The summed E-state index contributed by atoms with van der Waals surface area (Å²) in [5, 5.41) is 28.2. The number of rotatable bonds is 4. The molecule has 20 heavy (non-hydrogen) atoms. The first-order valence-corrected chi connectivity index (χ1v) is 5.99. The molecule has 0 saturated carbocycles. The number of nitrogens with zero attached hydrogens (tertiary/aromatic N) is 2. The molecule has 2 rings (SSSR count). The number of nitrogens with two attached hydrogens (primary N) is 1. The lowest BCUT2D eigenvalue weighted by molar-refractivity contribution is -0.0626. The van der Waals surface area contributed by atoms with E-state index in [9.17, 15) is 9.90 Å². The van der Waals surface area contributed by atoms with Gasteiger partial charge in [-0.05, 0) is 0 Å². The quantitative estimate of drug-likeness (QED) is 0.480. The van der Waals surface area contributed by atoms with Crippen molar-refractivity contribution >= 4 is 5.82 Å². The first kappa shape index (κ1) is 14.9. The van der Waals surface area contributed by atoms with Gasteiger partial charge in [-0.25, -0.2) is 4.79 Å². The van der Waals surface area contributed by atoms with Crippen LogP contribution in [0.25, 0.3) is 0 Å². The highest BCUT2D eigenvalue weighted by molar-refractivity contribution is 5.36. The van der Waals surface area contributed by atoms with Crippen molar-refractivity contribution in [2.75, 3.05) is 19.5 Å². The van der Waals surface area contributed by atoms with Crippen molar-refractivity contribution in [1.29, 1.82) is 0 Å². The summed E-state index contributed by atoms with van der Waals surface area (Å²) in [6.07, 6.45) is -2.46. The largest absolute Gasteiger partial charge is 0.394 e. The lowest BCUT2D eigenvalue weighted by atomic mass is 10.1. The van der Waals surface area contributed by atoms with Gasteiger partial charge in [0.25, 0.3) is 0 Å².